The molecule has 0 aliphatic rings. The van der Waals surface area contributed by atoms with Gasteiger partial charge < -0.3 is 19.1 Å². The Morgan fingerprint density at radius 1 is 0.972 bits per heavy atom. The van der Waals surface area contributed by atoms with Crippen LogP contribution in [-0.2, 0) is 30.4 Å². The minimum atomic E-state index is -1.48. The normalized spacial score (nSPS) is 10.9. The van der Waals surface area contributed by atoms with Crippen LogP contribution in [0.2, 0.25) is 0 Å². The summed E-state index contributed by atoms with van der Waals surface area (Å²) in [4.78, 5) is 40.8. The zero-order valence-corrected chi connectivity index (χ0v) is 25.2. The number of rotatable bonds is 11. The second-order valence-corrected chi connectivity index (χ2v) is 10.9. The second kappa shape index (κ2) is 14.0. The van der Waals surface area contributed by atoms with Crippen LogP contribution in [0.1, 0.15) is 51.7 Å². The molecule has 10 heteroatoms. The highest BCUT2D eigenvalue weighted by Gasteiger charge is 2.37. The maximum absolute atomic E-state index is 12.6. The van der Waals surface area contributed by atoms with E-state index in [-0.39, 0.29) is 19.8 Å². The first-order valence-electron chi connectivity index (χ1n) is 11.5. The lowest BCUT2D eigenvalue weighted by atomic mass is 10.0. The van der Waals surface area contributed by atoms with Gasteiger partial charge in [-0.05, 0) is 93.1 Å². The average Bonchev–Trinajstić information content (AvgIpc) is 2.81. The molecule has 0 aliphatic carbocycles. The van der Waals surface area contributed by atoms with Crippen LogP contribution >= 0.6 is 43.6 Å². The van der Waals surface area contributed by atoms with Crippen LogP contribution in [0.3, 0.4) is 0 Å². The Labute approximate surface area is 233 Å². The number of carbonyl (C=O) groups is 3. The Hall–Kier alpha value is -2.04. The van der Waals surface area contributed by atoms with Gasteiger partial charge in [-0.3, -0.25) is 4.79 Å². The van der Waals surface area contributed by atoms with Gasteiger partial charge in [-0.25, -0.2) is 9.59 Å². The summed E-state index contributed by atoms with van der Waals surface area (Å²) in [7, 11) is 1.67. The number of amides is 1. The SMILES string of the molecule is CCOC(=O)C(C(=O)OCC)N(Cc1cc(Br)c(Sc2ccc(OC)c(C(C)C)c2)c(Br)c1)C(C)=O. The molecule has 2 aromatic carbocycles. The van der Waals surface area contributed by atoms with Gasteiger partial charge in [0.15, 0.2) is 0 Å². The van der Waals surface area contributed by atoms with E-state index in [1.54, 1.807) is 32.7 Å². The third-order valence-corrected chi connectivity index (χ3v) is 8.10. The lowest BCUT2D eigenvalue weighted by Gasteiger charge is -2.28. The highest BCUT2D eigenvalue weighted by molar-refractivity contribution is 9.11. The van der Waals surface area contributed by atoms with Crippen LogP contribution in [-0.4, -0.2) is 49.1 Å². The van der Waals surface area contributed by atoms with Gasteiger partial charge in [0.1, 0.15) is 5.75 Å². The Bertz CT molecular complexity index is 1070. The summed E-state index contributed by atoms with van der Waals surface area (Å²) >= 11 is 8.86. The molecule has 2 rings (SSSR count). The van der Waals surface area contributed by atoms with E-state index in [0.29, 0.717) is 11.5 Å². The first-order valence-corrected chi connectivity index (χ1v) is 13.9. The van der Waals surface area contributed by atoms with Crippen molar-refractivity contribution in [1.82, 2.24) is 4.90 Å². The van der Waals surface area contributed by atoms with Gasteiger partial charge in [0.05, 0.1) is 20.3 Å². The molecule has 0 atom stereocenters. The minimum Gasteiger partial charge on any atom is -0.496 e. The Morgan fingerprint density at radius 3 is 1.97 bits per heavy atom. The predicted molar refractivity (Wildman–Crippen MR) is 146 cm³/mol. The van der Waals surface area contributed by atoms with E-state index in [9.17, 15) is 14.4 Å². The minimum absolute atomic E-state index is 0.0137. The second-order valence-electron chi connectivity index (χ2n) is 8.10. The van der Waals surface area contributed by atoms with E-state index in [0.717, 1.165) is 34.9 Å². The molecule has 0 unspecified atom stereocenters. The van der Waals surface area contributed by atoms with Crippen molar-refractivity contribution in [2.45, 2.75) is 62.9 Å². The Kier molecular flexibility index (Phi) is 11.8. The molecular weight excluding hydrogens is 614 g/mol. The van der Waals surface area contributed by atoms with Crippen molar-refractivity contribution in [3.8, 4) is 5.75 Å². The highest BCUT2D eigenvalue weighted by atomic mass is 79.9. The van der Waals surface area contributed by atoms with E-state index in [1.807, 2.05) is 24.3 Å². The first kappa shape index (κ1) is 30.2. The zero-order valence-electron chi connectivity index (χ0n) is 21.2. The predicted octanol–water partition coefficient (Wildman–Crippen LogP) is 6.34. The smallest absolute Gasteiger partial charge is 0.340 e. The van der Waals surface area contributed by atoms with Crippen LogP contribution in [0.4, 0.5) is 0 Å². The van der Waals surface area contributed by atoms with Gasteiger partial charge in [0, 0.05) is 32.2 Å². The maximum atomic E-state index is 12.6. The largest absolute Gasteiger partial charge is 0.496 e. The van der Waals surface area contributed by atoms with E-state index >= 15 is 0 Å². The molecule has 0 aromatic heterocycles. The lowest BCUT2D eigenvalue weighted by Crippen LogP contribution is -2.50. The van der Waals surface area contributed by atoms with E-state index in [4.69, 9.17) is 14.2 Å². The summed E-state index contributed by atoms with van der Waals surface area (Å²) in [6.45, 7) is 8.98. The molecule has 0 spiro atoms. The molecule has 0 fully saturated rings. The summed E-state index contributed by atoms with van der Waals surface area (Å²) < 4.78 is 17.2. The highest BCUT2D eigenvalue weighted by Crippen LogP contribution is 2.42. The standard InChI is InChI=1S/C26H31Br2NO6S/c1-7-34-25(31)23(26(32)35-8-2)29(16(5)30)14-17-11-20(27)24(21(28)12-17)36-18-9-10-22(33-6)19(13-18)15(3)4/h9-13,15,23H,7-8,14H2,1-6H3. The van der Waals surface area contributed by atoms with Crippen molar-refractivity contribution in [3.05, 3.63) is 50.4 Å². The number of ether oxygens (including phenoxy) is 3. The molecule has 196 valence electrons. The van der Waals surface area contributed by atoms with Crippen molar-refractivity contribution in [2.75, 3.05) is 20.3 Å². The fourth-order valence-corrected chi connectivity index (χ4v) is 6.16. The lowest BCUT2D eigenvalue weighted by molar-refractivity contribution is -0.167. The van der Waals surface area contributed by atoms with Crippen LogP contribution < -0.4 is 4.74 Å². The van der Waals surface area contributed by atoms with Gasteiger partial charge in [-0.1, -0.05) is 25.6 Å². The molecule has 0 saturated heterocycles. The third kappa shape index (κ3) is 7.73. The first-order chi connectivity index (χ1) is 17.0. The van der Waals surface area contributed by atoms with Crippen LogP contribution in [0.25, 0.3) is 0 Å². The van der Waals surface area contributed by atoms with Crippen LogP contribution in [0.15, 0.2) is 49.1 Å². The van der Waals surface area contributed by atoms with E-state index < -0.39 is 23.9 Å². The average molecular weight is 645 g/mol. The summed E-state index contributed by atoms with van der Waals surface area (Å²) in [6.07, 6.45) is 0. The van der Waals surface area contributed by atoms with E-state index in [2.05, 4.69) is 51.8 Å². The van der Waals surface area contributed by atoms with Crippen molar-refractivity contribution >= 4 is 61.5 Å². The summed E-state index contributed by atoms with van der Waals surface area (Å²) in [5, 5.41) is 0. The number of benzene rings is 2. The number of esters is 2. The van der Waals surface area contributed by atoms with Gasteiger partial charge in [0.2, 0.25) is 11.9 Å². The number of carbonyl (C=O) groups excluding carboxylic acids is 3. The fourth-order valence-electron chi connectivity index (χ4n) is 3.52. The van der Waals surface area contributed by atoms with Crippen molar-refractivity contribution in [1.29, 1.82) is 0 Å². The Morgan fingerprint density at radius 2 is 1.53 bits per heavy atom. The number of halogens is 2. The van der Waals surface area contributed by atoms with Crippen molar-refractivity contribution in [3.63, 3.8) is 0 Å². The summed E-state index contributed by atoms with van der Waals surface area (Å²) in [6, 6.07) is 8.32. The third-order valence-electron chi connectivity index (χ3n) is 5.19. The van der Waals surface area contributed by atoms with Crippen LogP contribution in [0.5, 0.6) is 5.75 Å². The van der Waals surface area contributed by atoms with E-state index in [1.165, 1.54) is 6.92 Å². The molecule has 1 amide bonds. The van der Waals surface area contributed by atoms with Gasteiger partial charge >= 0.3 is 11.9 Å². The number of methoxy groups -OCH3 is 1. The van der Waals surface area contributed by atoms with Gasteiger partial charge in [-0.2, -0.15) is 0 Å². The monoisotopic (exact) mass is 643 g/mol. The van der Waals surface area contributed by atoms with Crippen molar-refractivity contribution in [2.24, 2.45) is 0 Å². The van der Waals surface area contributed by atoms with Gasteiger partial charge in [0.25, 0.3) is 0 Å². The van der Waals surface area contributed by atoms with Crippen molar-refractivity contribution < 1.29 is 28.6 Å². The summed E-state index contributed by atoms with van der Waals surface area (Å²) in [5.74, 6) is -0.941. The maximum Gasteiger partial charge on any atom is 0.340 e. The topological polar surface area (TPSA) is 82.1 Å². The van der Waals surface area contributed by atoms with Crippen LogP contribution in [0, 0.1) is 0 Å². The molecule has 7 nitrogen and oxygen atoms in total. The molecule has 0 heterocycles. The number of hydrogen-bond acceptors (Lipinski definition) is 7. The molecule has 0 radical (unpaired) electrons. The fraction of sp³-hybridized carbons (Fsp3) is 0.423. The molecule has 36 heavy (non-hydrogen) atoms. The number of hydrogen-bond donors (Lipinski definition) is 0. The van der Waals surface area contributed by atoms with Gasteiger partial charge in [-0.15, -0.1) is 0 Å². The molecule has 0 saturated carbocycles. The molecular formula is C26H31Br2NO6S. The molecule has 0 N–H and O–H groups in total. The zero-order chi connectivity index (χ0) is 27.0. The Balaban J connectivity index is 2.38. The molecule has 2 aromatic rings. The molecule has 0 bridgehead atoms. The summed E-state index contributed by atoms with van der Waals surface area (Å²) in [5.41, 5.74) is 1.83. The number of nitrogens with zero attached hydrogens (tertiary/aromatic N) is 1. The molecule has 0 aliphatic heterocycles. The quantitative estimate of drug-likeness (QED) is 0.209.